The van der Waals surface area contributed by atoms with Crippen molar-refractivity contribution in [2.45, 2.75) is 13.8 Å². The van der Waals surface area contributed by atoms with Crippen LogP contribution in [0, 0.1) is 0 Å². The third-order valence-electron chi connectivity index (χ3n) is 3.20. The Balaban J connectivity index is 2.31. The standard InChI is InChI=1S/C16H14N2O3/c1-9(19)17-16-14(21-10(2)20)8-7-12-11-5-3-4-6-13(11)18-15(12)16/h3-8,18H,1-2H3,(H,17,19). The Labute approximate surface area is 120 Å². The zero-order valence-electron chi connectivity index (χ0n) is 11.7. The minimum atomic E-state index is -0.433. The fraction of sp³-hybridized carbons (Fsp3) is 0.125. The summed E-state index contributed by atoms with van der Waals surface area (Å²) >= 11 is 0. The van der Waals surface area contributed by atoms with E-state index in [0.717, 1.165) is 21.8 Å². The van der Waals surface area contributed by atoms with Crippen LogP contribution < -0.4 is 10.1 Å². The molecule has 0 saturated heterocycles. The first-order chi connectivity index (χ1) is 10.1. The molecule has 1 heterocycles. The van der Waals surface area contributed by atoms with E-state index in [1.54, 1.807) is 6.07 Å². The highest BCUT2D eigenvalue weighted by Crippen LogP contribution is 2.36. The van der Waals surface area contributed by atoms with Crippen molar-refractivity contribution in [2.24, 2.45) is 0 Å². The number of aromatic amines is 1. The van der Waals surface area contributed by atoms with Gasteiger partial charge in [-0.3, -0.25) is 9.59 Å². The molecule has 0 unspecified atom stereocenters. The Morgan fingerprint density at radius 3 is 2.52 bits per heavy atom. The fourth-order valence-electron chi connectivity index (χ4n) is 2.44. The number of nitrogens with one attached hydrogen (secondary N) is 2. The second-order valence-corrected chi connectivity index (χ2v) is 4.81. The van der Waals surface area contributed by atoms with Crippen molar-refractivity contribution in [1.29, 1.82) is 0 Å². The highest BCUT2D eigenvalue weighted by molar-refractivity contribution is 6.14. The number of fused-ring (bicyclic) bond motifs is 3. The first kappa shape index (κ1) is 13.2. The van der Waals surface area contributed by atoms with Gasteiger partial charge in [0.1, 0.15) is 5.69 Å². The molecule has 21 heavy (non-hydrogen) atoms. The van der Waals surface area contributed by atoms with Crippen molar-refractivity contribution in [2.75, 3.05) is 5.32 Å². The Kier molecular flexibility index (Phi) is 3.10. The highest BCUT2D eigenvalue weighted by Gasteiger charge is 2.15. The molecule has 106 valence electrons. The van der Waals surface area contributed by atoms with E-state index in [-0.39, 0.29) is 5.91 Å². The lowest BCUT2D eigenvalue weighted by Crippen LogP contribution is -2.10. The molecule has 0 atom stereocenters. The lowest BCUT2D eigenvalue weighted by atomic mass is 10.1. The average Bonchev–Trinajstić information content (AvgIpc) is 2.79. The number of carbonyl (C=O) groups excluding carboxylic acids is 2. The number of amides is 1. The van der Waals surface area contributed by atoms with Crippen molar-refractivity contribution in [3.05, 3.63) is 36.4 Å². The average molecular weight is 282 g/mol. The van der Waals surface area contributed by atoms with Crippen LogP contribution in [0.1, 0.15) is 13.8 Å². The molecular weight excluding hydrogens is 268 g/mol. The molecule has 1 aromatic heterocycles. The maximum atomic E-state index is 11.4. The number of benzene rings is 2. The summed E-state index contributed by atoms with van der Waals surface area (Å²) in [4.78, 5) is 25.9. The summed E-state index contributed by atoms with van der Waals surface area (Å²) in [6, 6.07) is 11.4. The van der Waals surface area contributed by atoms with Crippen LogP contribution in [0.15, 0.2) is 36.4 Å². The molecule has 0 aliphatic heterocycles. The monoisotopic (exact) mass is 282 g/mol. The molecule has 2 N–H and O–H groups in total. The number of hydrogen-bond donors (Lipinski definition) is 2. The topological polar surface area (TPSA) is 71.2 Å². The lowest BCUT2D eigenvalue weighted by Gasteiger charge is -2.10. The summed E-state index contributed by atoms with van der Waals surface area (Å²) in [5, 5.41) is 4.75. The molecule has 0 saturated carbocycles. The van der Waals surface area contributed by atoms with Gasteiger partial charge in [0.2, 0.25) is 5.91 Å². The van der Waals surface area contributed by atoms with Crippen molar-refractivity contribution in [3.63, 3.8) is 0 Å². The Morgan fingerprint density at radius 1 is 1.05 bits per heavy atom. The number of hydrogen-bond acceptors (Lipinski definition) is 3. The van der Waals surface area contributed by atoms with Crippen LogP contribution in [0.2, 0.25) is 0 Å². The highest BCUT2D eigenvalue weighted by atomic mass is 16.5. The number of ether oxygens (including phenoxy) is 1. The summed E-state index contributed by atoms with van der Waals surface area (Å²) in [5.74, 6) is -0.330. The van der Waals surface area contributed by atoms with Crippen molar-refractivity contribution < 1.29 is 14.3 Å². The van der Waals surface area contributed by atoms with Crippen LogP contribution in [0.25, 0.3) is 21.8 Å². The fourth-order valence-corrected chi connectivity index (χ4v) is 2.44. The second kappa shape index (κ2) is 4.94. The number of esters is 1. The number of rotatable bonds is 2. The van der Waals surface area contributed by atoms with Crippen LogP contribution in [0.3, 0.4) is 0 Å². The van der Waals surface area contributed by atoms with E-state index in [2.05, 4.69) is 10.3 Å². The molecule has 5 nitrogen and oxygen atoms in total. The van der Waals surface area contributed by atoms with Gasteiger partial charge in [-0.25, -0.2) is 0 Å². The van der Waals surface area contributed by atoms with Crippen molar-refractivity contribution >= 4 is 39.4 Å². The van der Waals surface area contributed by atoms with E-state index in [1.807, 2.05) is 30.3 Å². The van der Waals surface area contributed by atoms with E-state index in [0.29, 0.717) is 11.4 Å². The normalized spacial score (nSPS) is 10.8. The molecule has 0 bridgehead atoms. The molecule has 0 aliphatic rings. The third-order valence-corrected chi connectivity index (χ3v) is 3.20. The molecular formula is C16H14N2O3. The van der Waals surface area contributed by atoms with Crippen molar-refractivity contribution in [3.8, 4) is 5.75 Å². The zero-order chi connectivity index (χ0) is 15.0. The van der Waals surface area contributed by atoms with Gasteiger partial charge in [-0.1, -0.05) is 18.2 Å². The number of aromatic nitrogens is 1. The third kappa shape index (κ3) is 2.33. The van der Waals surface area contributed by atoms with E-state index in [4.69, 9.17) is 4.74 Å². The van der Waals surface area contributed by atoms with Gasteiger partial charge in [0.25, 0.3) is 0 Å². The van der Waals surface area contributed by atoms with Gasteiger partial charge in [0.05, 0.1) is 5.52 Å². The second-order valence-electron chi connectivity index (χ2n) is 4.81. The predicted octanol–water partition coefficient (Wildman–Crippen LogP) is 3.20. The SMILES string of the molecule is CC(=O)Nc1c(OC(C)=O)ccc2c1[nH]c1ccccc12. The van der Waals surface area contributed by atoms with Gasteiger partial charge in [-0.2, -0.15) is 0 Å². The van der Waals surface area contributed by atoms with Crippen LogP contribution >= 0.6 is 0 Å². The van der Waals surface area contributed by atoms with E-state index < -0.39 is 5.97 Å². The first-order valence-electron chi connectivity index (χ1n) is 6.55. The minimum Gasteiger partial charge on any atom is -0.424 e. The summed E-state index contributed by atoms with van der Waals surface area (Å²) in [6.45, 7) is 2.74. The van der Waals surface area contributed by atoms with Gasteiger partial charge in [0, 0.05) is 30.1 Å². The molecule has 5 heteroatoms. The Morgan fingerprint density at radius 2 is 1.81 bits per heavy atom. The largest absolute Gasteiger partial charge is 0.424 e. The van der Waals surface area contributed by atoms with Crippen molar-refractivity contribution in [1.82, 2.24) is 4.98 Å². The summed E-state index contributed by atoms with van der Waals surface area (Å²) < 4.78 is 5.18. The molecule has 0 spiro atoms. The maximum Gasteiger partial charge on any atom is 0.308 e. The van der Waals surface area contributed by atoms with Gasteiger partial charge in [0.15, 0.2) is 5.75 Å². The molecule has 0 fully saturated rings. The molecule has 3 aromatic rings. The van der Waals surface area contributed by atoms with Gasteiger partial charge < -0.3 is 15.0 Å². The minimum absolute atomic E-state index is 0.227. The summed E-state index contributed by atoms with van der Waals surface area (Å²) in [7, 11) is 0. The van der Waals surface area contributed by atoms with Gasteiger partial charge >= 0.3 is 5.97 Å². The van der Waals surface area contributed by atoms with E-state index in [9.17, 15) is 9.59 Å². The molecule has 2 aromatic carbocycles. The predicted molar refractivity (Wildman–Crippen MR) is 81.4 cm³/mol. The molecule has 0 radical (unpaired) electrons. The van der Waals surface area contributed by atoms with Crippen LogP contribution in [0.4, 0.5) is 5.69 Å². The quantitative estimate of drug-likeness (QED) is 0.560. The summed E-state index contributed by atoms with van der Waals surface area (Å²) in [6.07, 6.45) is 0. The zero-order valence-corrected chi connectivity index (χ0v) is 11.7. The molecule has 1 amide bonds. The maximum absolute atomic E-state index is 11.4. The lowest BCUT2D eigenvalue weighted by molar-refractivity contribution is -0.131. The molecule has 3 rings (SSSR count). The smallest absolute Gasteiger partial charge is 0.308 e. The molecule has 0 aliphatic carbocycles. The van der Waals surface area contributed by atoms with Crippen LogP contribution in [-0.4, -0.2) is 16.9 Å². The summed E-state index contributed by atoms with van der Waals surface area (Å²) in [5.41, 5.74) is 2.18. The number of anilines is 1. The van der Waals surface area contributed by atoms with Gasteiger partial charge in [-0.05, 0) is 18.2 Å². The van der Waals surface area contributed by atoms with Crippen LogP contribution in [0.5, 0.6) is 5.75 Å². The first-order valence-corrected chi connectivity index (χ1v) is 6.55. The number of para-hydroxylation sites is 1. The Bertz CT molecular complexity index is 864. The van der Waals surface area contributed by atoms with Crippen LogP contribution in [-0.2, 0) is 9.59 Å². The van der Waals surface area contributed by atoms with E-state index in [1.165, 1.54) is 13.8 Å². The van der Waals surface area contributed by atoms with Gasteiger partial charge in [-0.15, -0.1) is 0 Å². The Hall–Kier alpha value is -2.82. The van der Waals surface area contributed by atoms with E-state index >= 15 is 0 Å². The number of H-pyrrole nitrogens is 1. The number of carbonyl (C=O) groups is 2.